The molecule has 2 aromatic rings. The monoisotopic (exact) mass is 444 g/mol. The van der Waals surface area contributed by atoms with Crippen molar-refractivity contribution in [2.24, 2.45) is 0 Å². The van der Waals surface area contributed by atoms with Gasteiger partial charge in [-0.3, -0.25) is 9.59 Å². The van der Waals surface area contributed by atoms with E-state index >= 15 is 0 Å². The molecule has 1 aliphatic heterocycles. The van der Waals surface area contributed by atoms with Crippen LogP contribution >= 0.6 is 0 Å². The number of carbonyl (C=O) groups is 1. The lowest BCUT2D eigenvalue weighted by molar-refractivity contribution is -0.170. The molecule has 1 N–H and O–H groups in total. The molecule has 3 rings (SSSR count). The molecule has 30 heavy (non-hydrogen) atoms. The smallest absolute Gasteiger partial charge is 0.301 e. The molecule has 0 saturated heterocycles. The molecule has 1 amide bonds. The van der Waals surface area contributed by atoms with Crippen LogP contribution in [0, 0.1) is 0 Å². The number of sulfonamides is 1. The van der Waals surface area contributed by atoms with Crippen molar-refractivity contribution >= 4 is 21.6 Å². The topological polar surface area (TPSA) is 101 Å². The SMILES string of the molecule is CC1Cc2cc(S(=O)(=O)NCCCn3ncccc3=O)ccc2N1C(=O)C(F)(F)F. The molecule has 162 valence electrons. The average Bonchev–Trinajstić information content (AvgIpc) is 2.99. The third-order valence-electron chi connectivity index (χ3n) is 4.66. The van der Waals surface area contributed by atoms with Crippen molar-refractivity contribution in [1.29, 1.82) is 0 Å². The van der Waals surface area contributed by atoms with Crippen molar-refractivity contribution in [1.82, 2.24) is 14.5 Å². The first-order valence-corrected chi connectivity index (χ1v) is 10.5. The quantitative estimate of drug-likeness (QED) is 0.680. The van der Waals surface area contributed by atoms with Gasteiger partial charge in [-0.05, 0) is 49.6 Å². The van der Waals surface area contributed by atoms with Crippen LogP contribution in [-0.2, 0) is 27.8 Å². The van der Waals surface area contributed by atoms with E-state index in [9.17, 15) is 31.2 Å². The second kappa shape index (κ2) is 8.19. The molecule has 2 heterocycles. The highest BCUT2D eigenvalue weighted by atomic mass is 32.2. The number of hydrogen-bond acceptors (Lipinski definition) is 5. The number of anilines is 1. The van der Waals surface area contributed by atoms with Crippen LogP contribution in [0.25, 0.3) is 0 Å². The van der Waals surface area contributed by atoms with Crippen LogP contribution in [0.1, 0.15) is 18.9 Å². The van der Waals surface area contributed by atoms with E-state index in [-0.39, 0.29) is 35.7 Å². The third kappa shape index (κ3) is 4.54. The Bertz CT molecular complexity index is 1110. The zero-order valence-electron chi connectivity index (χ0n) is 15.9. The van der Waals surface area contributed by atoms with E-state index in [2.05, 4.69) is 9.82 Å². The van der Waals surface area contributed by atoms with Crippen molar-refractivity contribution in [2.45, 2.75) is 43.4 Å². The van der Waals surface area contributed by atoms with E-state index in [0.29, 0.717) is 16.9 Å². The van der Waals surface area contributed by atoms with E-state index in [1.165, 1.54) is 48.1 Å². The Morgan fingerprint density at radius 1 is 1.30 bits per heavy atom. The second-order valence-corrected chi connectivity index (χ2v) is 8.62. The van der Waals surface area contributed by atoms with Crippen LogP contribution in [0.3, 0.4) is 0 Å². The second-order valence-electron chi connectivity index (χ2n) is 6.85. The van der Waals surface area contributed by atoms with Gasteiger partial charge in [0, 0.05) is 37.1 Å². The Balaban J connectivity index is 1.69. The number of hydrogen-bond donors (Lipinski definition) is 1. The molecule has 0 spiro atoms. The fourth-order valence-electron chi connectivity index (χ4n) is 3.29. The fraction of sp³-hybridized carbons (Fsp3) is 0.389. The summed E-state index contributed by atoms with van der Waals surface area (Å²) >= 11 is 0. The Morgan fingerprint density at radius 2 is 2.03 bits per heavy atom. The van der Waals surface area contributed by atoms with E-state index < -0.39 is 28.1 Å². The zero-order valence-corrected chi connectivity index (χ0v) is 16.7. The van der Waals surface area contributed by atoms with E-state index in [0.717, 1.165) is 0 Å². The lowest BCUT2D eigenvalue weighted by Gasteiger charge is -2.23. The maximum absolute atomic E-state index is 12.8. The molecule has 1 aromatic carbocycles. The van der Waals surface area contributed by atoms with Gasteiger partial charge in [-0.15, -0.1) is 0 Å². The first-order valence-electron chi connectivity index (χ1n) is 9.06. The first-order chi connectivity index (χ1) is 14.0. The molecule has 0 aliphatic carbocycles. The number of carbonyl (C=O) groups excluding carboxylic acids is 1. The van der Waals surface area contributed by atoms with Gasteiger partial charge < -0.3 is 4.90 Å². The van der Waals surface area contributed by atoms with Crippen LogP contribution in [0.15, 0.2) is 46.2 Å². The molecule has 0 bridgehead atoms. The summed E-state index contributed by atoms with van der Waals surface area (Å²) in [6.07, 6.45) is -3.14. The average molecular weight is 444 g/mol. The molecule has 0 fully saturated rings. The van der Waals surface area contributed by atoms with Gasteiger partial charge in [0.2, 0.25) is 10.0 Å². The number of alkyl halides is 3. The summed E-state index contributed by atoms with van der Waals surface area (Å²) in [4.78, 5) is 23.8. The van der Waals surface area contributed by atoms with Gasteiger partial charge in [-0.25, -0.2) is 17.8 Å². The molecule has 12 heteroatoms. The molecule has 1 unspecified atom stereocenters. The Labute approximate surface area is 170 Å². The normalized spacial score (nSPS) is 16.5. The predicted molar refractivity (Wildman–Crippen MR) is 101 cm³/mol. The minimum Gasteiger partial charge on any atom is -0.301 e. The van der Waals surface area contributed by atoms with Gasteiger partial charge in [0.15, 0.2) is 0 Å². The highest BCUT2D eigenvalue weighted by Gasteiger charge is 2.47. The number of fused-ring (bicyclic) bond motifs is 1. The number of amides is 1. The molecule has 0 radical (unpaired) electrons. The maximum atomic E-state index is 12.8. The Hall–Kier alpha value is -2.73. The van der Waals surface area contributed by atoms with Crippen molar-refractivity contribution in [3.63, 3.8) is 0 Å². The highest BCUT2D eigenvalue weighted by molar-refractivity contribution is 7.89. The Kier molecular flexibility index (Phi) is 5.99. The van der Waals surface area contributed by atoms with Gasteiger partial charge in [0.05, 0.1) is 4.90 Å². The standard InChI is InChI=1S/C18H19F3N4O4S/c1-12-10-13-11-14(5-6-15(13)25(12)17(27)18(19,20)21)30(28,29)23-8-3-9-24-16(26)4-2-7-22-24/h2,4-7,11-12,23H,3,8-10H2,1H3. The molecule has 8 nitrogen and oxygen atoms in total. The number of aryl methyl sites for hydroxylation is 1. The predicted octanol–water partition coefficient (Wildman–Crippen LogP) is 1.45. The number of nitrogens with one attached hydrogen (secondary N) is 1. The highest BCUT2D eigenvalue weighted by Crippen LogP contribution is 2.36. The molecule has 1 aliphatic rings. The van der Waals surface area contributed by atoms with Crippen molar-refractivity contribution in [3.05, 3.63) is 52.4 Å². The van der Waals surface area contributed by atoms with Crippen LogP contribution in [0.4, 0.5) is 18.9 Å². The van der Waals surface area contributed by atoms with E-state index in [1.807, 2.05) is 0 Å². The van der Waals surface area contributed by atoms with Gasteiger partial charge in [-0.2, -0.15) is 18.3 Å². The molecule has 1 aromatic heterocycles. The maximum Gasteiger partial charge on any atom is 0.471 e. The minimum absolute atomic E-state index is 0.0392. The summed E-state index contributed by atoms with van der Waals surface area (Å²) in [5.74, 6) is -1.98. The van der Waals surface area contributed by atoms with Crippen LogP contribution in [0.2, 0.25) is 0 Å². The van der Waals surface area contributed by atoms with Crippen LogP contribution < -0.4 is 15.2 Å². The zero-order chi connectivity index (χ0) is 22.1. The van der Waals surface area contributed by atoms with E-state index in [4.69, 9.17) is 0 Å². The molecular weight excluding hydrogens is 425 g/mol. The van der Waals surface area contributed by atoms with Crippen molar-refractivity contribution in [2.75, 3.05) is 11.4 Å². The number of halogens is 3. The van der Waals surface area contributed by atoms with Gasteiger partial charge in [0.1, 0.15) is 0 Å². The summed E-state index contributed by atoms with van der Waals surface area (Å²) < 4.78 is 67.1. The van der Waals surface area contributed by atoms with Gasteiger partial charge in [0.25, 0.3) is 5.56 Å². The number of rotatable bonds is 6. The number of nitrogens with zero attached hydrogens (tertiary/aromatic N) is 3. The Morgan fingerprint density at radius 3 is 2.70 bits per heavy atom. The molecular formula is C18H19F3N4O4S. The van der Waals surface area contributed by atoms with Crippen molar-refractivity contribution in [3.8, 4) is 0 Å². The van der Waals surface area contributed by atoms with Crippen LogP contribution in [0.5, 0.6) is 0 Å². The van der Waals surface area contributed by atoms with Gasteiger partial charge >= 0.3 is 12.1 Å². The molecule has 1 atom stereocenters. The summed E-state index contributed by atoms with van der Waals surface area (Å²) in [5, 5.41) is 3.87. The third-order valence-corrected chi connectivity index (χ3v) is 6.12. The lowest BCUT2D eigenvalue weighted by atomic mass is 10.1. The fourth-order valence-corrected chi connectivity index (χ4v) is 4.42. The number of aromatic nitrogens is 2. The summed E-state index contributed by atoms with van der Waals surface area (Å²) in [5.41, 5.74) is 0.104. The van der Waals surface area contributed by atoms with Crippen LogP contribution in [-0.4, -0.2) is 42.9 Å². The molecule has 0 saturated carbocycles. The summed E-state index contributed by atoms with van der Waals surface area (Å²) in [6, 6.07) is 5.76. The van der Waals surface area contributed by atoms with Crippen molar-refractivity contribution < 1.29 is 26.4 Å². The largest absolute Gasteiger partial charge is 0.471 e. The summed E-state index contributed by atoms with van der Waals surface area (Å²) in [7, 11) is -3.91. The number of benzene rings is 1. The summed E-state index contributed by atoms with van der Waals surface area (Å²) in [6.45, 7) is 1.73. The van der Waals surface area contributed by atoms with Gasteiger partial charge in [-0.1, -0.05) is 0 Å². The lowest BCUT2D eigenvalue weighted by Crippen LogP contribution is -2.44. The minimum atomic E-state index is -5.02. The first kappa shape index (κ1) is 22.0. The van der Waals surface area contributed by atoms with E-state index in [1.54, 1.807) is 0 Å².